The molecule has 0 bridgehead atoms. The molecule has 0 atom stereocenters. The Bertz CT molecular complexity index is 572. The van der Waals surface area contributed by atoms with Gasteiger partial charge in [-0.05, 0) is 23.8 Å². The molecule has 0 fully saturated rings. The summed E-state index contributed by atoms with van der Waals surface area (Å²) in [5.41, 5.74) is 7.78. The molecule has 2 aromatic carbocycles. The van der Waals surface area contributed by atoms with Crippen molar-refractivity contribution in [3.63, 3.8) is 0 Å². The van der Waals surface area contributed by atoms with Gasteiger partial charge in [0.15, 0.2) is 0 Å². The van der Waals surface area contributed by atoms with E-state index in [-0.39, 0.29) is 12.4 Å². The zero-order valence-corrected chi connectivity index (χ0v) is 11.5. The van der Waals surface area contributed by atoms with Crippen molar-refractivity contribution >= 4 is 17.3 Å². The van der Waals surface area contributed by atoms with Crippen LogP contribution in [0.25, 0.3) is 0 Å². The molecule has 0 aliphatic carbocycles. The van der Waals surface area contributed by atoms with Crippen molar-refractivity contribution in [3.05, 3.63) is 64.4 Å². The first kappa shape index (κ1) is 13.8. The maximum Gasteiger partial charge on any atom is 0.129 e. The molecule has 0 radical (unpaired) electrons. The molecule has 19 heavy (non-hydrogen) atoms. The van der Waals surface area contributed by atoms with E-state index in [1.54, 1.807) is 6.07 Å². The summed E-state index contributed by atoms with van der Waals surface area (Å²) in [4.78, 5) is 1.95. The van der Waals surface area contributed by atoms with E-state index in [0.717, 1.165) is 11.3 Å². The van der Waals surface area contributed by atoms with Crippen LogP contribution in [-0.4, -0.2) is 7.05 Å². The Hall–Kier alpha value is -1.58. The highest BCUT2D eigenvalue weighted by Crippen LogP contribution is 2.22. The summed E-state index contributed by atoms with van der Waals surface area (Å²) in [5.74, 6) is -0.272. The molecule has 0 aliphatic heterocycles. The Morgan fingerprint density at radius 1 is 1.16 bits per heavy atom. The lowest BCUT2D eigenvalue weighted by Gasteiger charge is -2.20. The SMILES string of the molecule is CN(Cc1ccccc1Cl)c1ccc(CN)c(F)c1. The molecule has 0 aromatic heterocycles. The highest BCUT2D eigenvalue weighted by molar-refractivity contribution is 6.31. The third-order valence-electron chi connectivity index (χ3n) is 3.06. The van der Waals surface area contributed by atoms with E-state index in [9.17, 15) is 4.39 Å². The van der Waals surface area contributed by atoms with Gasteiger partial charge in [-0.25, -0.2) is 4.39 Å². The van der Waals surface area contributed by atoms with Crippen molar-refractivity contribution in [2.75, 3.05) is 11.9 Å². The molecule has 100 valence electrons. The first-order valence-corrected chi connectivity index (χ1v) is 6.42. The Morgan fingerprint density at radius 2 is 1.89 bits per heavy atom. The molecule has 2 N–H and O–H groups in total. The summed E-state index contributed by atoms with van der Waals surface area (Å²) in [7, 11) is 1.90. The topological polar surface area (TPSA) is 29.3 Å². The van der Waals surface area contributed by atoms with E-state index in [1.807, 2.05) is 42.3 Å². The number of rotatable bonds is 4. The van der Waals surface area contributed by atoms with Crippen molar-refractivity contribution in [1.29, 1.82) is 0 Å². The van der Waals surface area contributed by atoms with Crippen molar-refractivity contribution in [3.8, 4) is 0 Å². The molecule has 0 unspecified atom stereocenters. The van der Waals surface area contributed by atoms with Crippen molar-refractivity contribution in [1.82, 2.24) is 0 Å². The van der Waals surface area contributed by atoms with Gasteiger partial charge < -0.3 is 10.6 Å². The molecular weight excluding hydrogens is 263 g/mol. The Labute approximate surface area is 117 Å². The molecule has 0 spiro atoms. The minimum Gasteiger partial charge on any atom is -0.370 e. The van der Waals surface area contributed by atoms with Crippen LogP contribution < -0.4 is 10.6 Å². The lowest BCUT2D eigenvalue weighted by Crippen LogP contribution is -2.17. The van der Waals surface area contributed by atoms with Gasteiger partial charge in [-0.1, -0.05) is 35.9 Å². The average Bonchev–Trinajstić information content (AvgIpc) is 2.41. The monoisotopic (exact) mass is 278 g/mol. The van der Waals surface area contributed by atoms with Gasteiger partial charge in [0.2, 0.25) is 0 Å². The predicted molar refractivity (Wildman–Crippen MR) is 77.9 cm³/mol. The van der Waals surface area contributed by atoms with Crippen LogP contribution in [0.5, 0.6) is 0 Å². The molecule has 2 nitrogen and oxygen atoms in total. The zero-order chi connectivity index (χ0) is 13.8. The minimum absolute atomic E-state index is 0.209. The fraction of sp³-hybridized carbons (Fsp3) is 0.200. The van der Waals surface area contributed by atoms with Gasteiger partial charge in [-0.3, -0.25) is 0 Å². The maximum absolute atomic E-state index is 13.7. The number of benzene rings is 2. The van der Waals surface area contributed by atoms with Crippen LogP contribution in [-0.2, 0) is 13.1 Å². The van der Waals surface area contributed by atoms with Gasteiger partial charge in [-0.15, -0.1) is 0 Å². The number of anilines is 1. The normalized spacial score (nSPS) is 10.5. The first-order chi connectivity index (χ1) is 9.11. The van der Waals surface area contributed by atoms with Gasteiger partial charge in [-0.2, -0.15) is 0 Å². The van der Waals surface area contributed by atoms with E-state index >= 15 is 0 Å². The van der Waals surface area contributed by atoms with Crippen LogP contribution in [0, 0.1) is 5.82 Å². The number of hydrogen-bond donors (Lipinski definition) is 1. The van der Waals surface area contributed by atoms with Crippen LogP contribution in [0.15, 0.2) is 42.5 Å². The van der Waals surface area contributed by atoms with E-state index in [4.69, 9.17) is 17.3 Å². The Kier molecular flexibility index (Phi) is 4.40. The van der Waals surface area contributed by atoms with E-state index in [2.05, 4.69) is 0 Å². The standard InChI is InChI=1S/C15H16ClFN2/c1-19(10-12-4-2-3-5-14(12)16)13-7-6-11(9-18)15(17)8-13/h2-8H,9-10,18H2,1H3. The van der Waals surface area contributed by atoms with Gasteiger partial charge in [0.05, 0.1) is 0 Å². The summed E-state index contributed by atoms with van der Waals surface area (Å²) >= 11 is 6.12. The lowest BCUT2D eigenvalue weighted by atomic mass is 10.1. The third-order valence-corrected chi connectivity index (χ3v) is 3.43. The maximum atomic E-state index is 13.7. The van der Waals surface area contributed by atoms with Crippen LogP contribution in [0.2, 0.25) is 5.02 Å². The van der Waals surface area contributed by atoms with Crippen LogP contribution >= 0.6 is 11.6 Å². The molecule has 0 saturated carbocycles. The van der Waals surface area contributed by atoms with Gasteiger partial charge in [0.25, 0.3) is 0 Å². The molecule has 2 aromatic rings. The quantitative estimate of drug-likeness (QED) is 0.926. The smallest absolute Gasteiger partial charge is 0.129 e. The Balaban J connectivity index is 2.18. The highest BCUT2D eigenvalue weighted by Gasteiger charge is 2.08. The minimum atomic E-state index is -0.272. The van der Waals surface area contributed by atoms with Gasteiger partial charge in [0, 0.05) is 36.4 Å². The van der Waals surface area contributed by atoms with Crippen LogP contribution in [0.3, 0.4) is 0 Å². The van der Waals surface area contributed by atoms with Crippen LogP contribution in [0.1, 0.15) is 11.1 Å². The molecule has 4 heteroatoms. The summed E-state index contributed by atoms with van der Waals surface area (Å²) in [5, 5.41) is 0.716. The van der Waals surface area contributed by atoms with E-state index < -0.39 is 0 Å². The van der Waals surface area contributed by atoms with Crippen LogP contribution in [0.4, 0.5) is 10.1 Å². The zero-order valence-electron chi connectivity index (χ0n) is 10.7. The van der Waals surface area contributed by atoms with E-state index in [1.165, 1.54) is 6.07 Å². The molecular formula is C15H16ClFN2. The fourth-order valence-electron chi connectivity index (χ4n) is 1.91. The molecule has 0 heterocycles. The van der Waals surface area contributed by atoms with Gasteiger partial charge in [0.1, 0.15) is 5.82 Å². The van der Waals surface area contributed by atoms with Crippen molar-refractivity contribution in [2.45, 2.75) is 13.1 Å². The molecule has 0 saturated heterocycles. The molecule has 2 rings (SSSR count). The molecule has 0 amide bonds. The van der Waals surface area contributed by atoms with Crippen molar-refractivity contribution < 1.29 is 4.39 Å². The summed E-state index contributed by atoms with van der Waals surface area (Å²) in [6, 6.07) is 12.7. The first-order valence-electron chi connectivity index (χ1n) is 6.05. The predicted octanol–water partition coefficient (Wildman–Crippen LogP) is 3.57. The number of hydrogen-bond acceptors (Lipinski definition) is 2. The van der Waals surface area contributed by atoms with E-state index in [0.29, 0.717) is 17.1 Å². The fourth-order valence-corrected chi connectivity index (χ4v) is 2.11. The summed E-state index contributed by atoms with van der Waals surface area (Å²) in [6.07, 6.45) is 0. The van der Waals surface area contributed by atoms with Crippen molar-refractivity contribution in [2.24, 2.45) is 5.73 Å². The highest BCUT2D eigenvalue weighted by atomic mass is 35.5. The molecule has 0 aliphatic rings. The van der Waals surface area contributed by atoms with Gasteiger partial charge >= 0.3 is 0 Å². The second-order valence-electron chi connectivity index (χ2n) is 4.43. The summed E-state index contributed by atoms with van der Waals surface area (Å²) < 4.78 is 13.7. The third kappa shape index (κ3) is 3.25. The number of halogens is 2. The number of nitrogens with zero attached hydrogens (tertiary/aromatic N) is 1. The average molecular weight is 279 g/mol. The number of nitrogens with two attached hydrogens (primary N) is 1. The second kappa shape index (κ2) is 6.04. The summed E-state index contributed by atoms with van der Waals surface area (Å²) in [6.45, 7) is 0.835. The Morgan fingerprint density at radius 3 is 2.53 bits per heavy atom. The lowest BCUT2D eigenvalue weighted by molar-refractivity contribution is 0.610. The second-order valence-corrected chi connectivity index (χ2v) is 4.83. The largest absolute Gasteiger partial charge is 0.370 e.